The van der Waals surface area contributed by atoms with E-state index in [0.717, 1.165) is 39.1 Å². The highest BCUT2D eigenvalue weighted by Gasteiger charge is 2.39. The van der Waals surface area contributed by atoms with Gasteiger partial charge in [-0.2, -0.15) is 0 Å². The maximum atomic E-state index is 12.5. The van der Waals surface area contributed by atoms with Crippen LogP contribution in [0.3, 0.4) is 0 Å². The third-order valence-electron chi connectivity index (χ3n) is 3.91. The molecule has 98 valence electrons. The maximum Gasteiger partial charge on any atom is 0.240 e. The highest BCUT2D eigenvalue weighted by atomic mass is 16.5. The van der Waals surface area contributed by atoms with Gasteiger partial charge >= 0.3 is 0 Å². The van der Waals surface area contributed by atoms with Crippen LogP contribution in [-0.4, -0.2) is 49.7 Å². The first-order chi connectivity index (χ1) is 8.11. The molecule has 1 atom stereocenters. The Kier molecular flexibility index (Phi) is 4.05. The van der Waals surface area contributed by atoms with Crippen molar-refractivity contribution in [3.63, 3.8) is 0 Å². The van der Waals surface area contributed by atoms with Crippen LogP contribution in [0.4, 0.5) is 0 Å². The predicted molar refractivity (Wildman–Crippen MR) is 66.8 cm³/mol. The minimum absolute atomic E-state index is 0.0191. The molecular weight excluding hydrogens is 216 g/mol. The molecule has 2 aliphatic rings. The summed E-state index contributed by atoms with van der Waals surface area (Å²) in [5, 5.41) is 3.39. The third-order valence-corrected chi connectivity index (χ3v) is 3.91. The SMILES string of the molecule is CC1(C)CCCNC1C(=O)N1CCCOCC1. The van der Waals surface area contributed by atoms with Crippen molar-refractivity contribution in [1.82, 2.24) is 10.2 Å². The summed E-state index contributed by atoms with van der Waals surface area (Å²) in [5.74, 6) is 0.264. The van der Waals surface area contributed by atoms with E-state index in [1.165, 1.54) is 6.42 Å². The van der Waals surface area contributed by atoms with E-state index in [-0.39, 0.29) is 17.4 Å². The fourth-order valence-corrected chi connectivity index (χ4v) is 2.78. The number of nitrogens with zero attached hydrogens (tertiary/aromatic N) is 1. The third kappa shape index (κ3) is 2.99. The Hall–Kier alpha value is -0.610. The van der Waals surface area contributed by atoms with Crippen LogP contribution < -0.4 is 5.32 Å². The number of carbonyl (C=O) groups is 1. The van der Waals surface area contributed by atoms with Gasteiger partial charge < -0.3 is 15.0 Å². The van der Waals surface area contributed by atoms with E-state index in [0.29, 0.717) is 6.61 Å². The topological polar surface area (TPSA) is 41.6 Å². The number of amides is 1. The molecule has 0 aromatic rings. The van der Waals surface area contributed by atoms with Crippen LogP contribution >= 0.6 is 0 Å². The molecule has 2 heterocycles. The van der Waals surface area contributed by atoms with Crippen LogP contribution in [0.15, 0.2) is 0 Å². The number of rotatable bonds is 1. The molecule has 17 heavy (non-hydrogen) atoms. The van der Waals surface area contributed by atoms with Crippen LogP contribution in [0, 0.1) is 5.41 Å². The second-order valence-corrected chi connectivity index (χ2v) is 5.77. The Labute approximate surface area is 104 Å². The molecule has 0 saturated carbocycles. The van der Waals surface area contributed by atoms with Gasteiger partial charge in [-0.05, 0) is 31.2 Å². The van der Waals surface area contributed by atoms with Gasteiger partial charge in [0.15, 0.2) is 0 Å². The van der Waals surface area contributed by atoms with E-state index in [9.17, 15) is 4.79 Å². The van der Waals surface area contributed by atoms with Crippen molar-refractivity contribution in [3.05, 3.63) is 0 Å². The van der Waals surface area contributed by atoms with E-state index < -0.39 is 0 Å². The lowest BCUT2D eigenvalue weighted by molar-refractivity contribution is -0.137. The maximum absolute atomic E-state index is 12.5. The second kappa shape index (κ2) is 5.36. The molecule has 1 N–H and O–H groups in total. The molecule has 4 nitrogen and oxygen atoms in total. The van der Waals surface area contributed by atoms with Gasteiger partial charge in [-0.25, -0.2) is 0 Å². The molecule has 2 rings (SSSR count). The summed E-state index contributed by atoms with van der Waals surface area (Å²) in [6, 6.07) is -0.0191. The van der Waals surface area contributed by atoms with Crippen molar-refractivity contribution in [2.24, 2.45) is 5.41 Å². The van der Waals surface area contributed by atoms with E-state index >= 15 is 0 Å². The van der Waals surface area contributed by atoms with Gasteiger partial charge in [0, 0.05) is 19.7 Å². The van der Waals surface area contributed by atoms with Crippen LogP contribution in [0.1, 0.15) is 33.1 Å². The normalized spacial score (nSPS) is 29.8. The van der Waals surface area contributed by atoms with Gasteiger partial charge in [-0.3, -0.25) is 4.79 Å². The lowest BCUT2D eigenvalue weighted by Crippen LogP contribution is -2.56. The first-order valence-electron chi connectivity index (χ1n) is 6.71. The average molecular weight is 240 g/mol. The van der Waals surface area contributed by atoms with E-state index in [2.05, 4.69) is 19.2 Å². The molecule has 1 unspecified atom stereocenters. The Morgan fingerprint density at radius 1 is 1.29 bits per heavy atom. The van der Waals surface area contributed by atoms with Crippen LogP contribution in [0.2, 0.25) is 0 Å². The molecule has 0 aromatic carbocycles. The van der Waals surface area contributed by atoms with Crippen molar-refractivity contribution in [3.8, 4) is 0 Å². The van der Waals surface area contributed by atoms with Crippen molar-refractivity contribution < 1.29 is 9.53 Å². The van der Waals surface area contributed by atoms with Crippen molar-refractivity contribution >= 4 is 5.91 Å². The summed E-state index contributed by atoms with van der Waals surface area (Å²) < 4.78 is 5.40. The molecular formula is C13H24N2O2. The summed E-state index contributed by atoms with van der Waals surface area (Å²) in [7, 11) is 0. The molecule has 1 amide bonds. The summed E-state index contributed by atoms with van der Waals surface area (Å²) in [6.45, 7) is 8.39. The minimum atomic E-state index is -0.0191. The molecule has 0 aliphatic carbocycles. The number of hydrogen-bond donors (Lipinski definition) is 1. The Balaban J connectivity index is 2.01. The van der Waals surface area contributed by atoms with Crippen LogP contribution in [-0.2, 0) is 9.53 Å². The lowest BCUT2D eigenvalue weighted by atomic mass is 9.77. The first kappa shape index (κ1) is 12.8. The second-order valence-electron chi connectivity index (χ2n) is 5.77. The summed E-state index contributed by atoms with van der Waals surface area (Å²) in [4.78, 5) is 14.5. The highest BCUT2D eigenvalue weighted by Crippen LogP contribution is 2.31. The zero-order valence-electron chi connectivity index (χ0n) is 11.0. The van der Waals surface area contributed by atoms with Crippen LogP contribution in [0.5, 0.6) is 0 Å². The molecule has 0 aromatic heterocycles. The van der Waals surface area contributed by atoms with E-state index in [4.69, 9.17) is 4.74 Å². The molecule has 0 bridgehead atoms. The smallest absolute Gasteiger partial charge is 0.240 e. The molecule has 2 aliphatic heterocycles. The Morgan fingerprint density at radius 3 is 2.88 bits per heavy atom. The zero-order chi connectivity index (χ0) is 12.3. The molecule has 4 heteroatoms. The summed E-state index contributed by atoms with van der Waals surface area (Å²) in [6.07, 6.45) is 3.25. The number of carbonyl (C=O) groups excluding carboxylic acids is 1. The van der Waals surface area contributed by atoms with Crippen molar-refractivity contribution in [2.45, 2.75) is 39.2 Å². The average Bonchev–Trinajstić information content (AvgIpc) is 2.56. The lowest BCUT2D eigenvalue weighted by Gasteiger charge is -2.40. The zero-order valence-corrected chi connectivity index (χ0v) is 11.0. The standard InChI is InChI=1S/C13H24N2O2/c1-13(2)5-3-6-14-11(13)12(16)15-7-4-9-17-10-8-15/h11,14H,3-10H2,1-2H3. The number of ether oxygens (including phenoxy) is 1. The molecule has 2 fully saturated rings. The predicted octanol–water partition coefficient (Wildman–Crippen LogP) is 1.01. The van der Waals surface area contributed by atoms with Gasteiger partial charge in [-0.1, -0.05) is 13.8 Å². The van der Waals surface area contributed by atoms with Gasteiger partial charge in [-0.15, -0.1) is 0 Å². The highest BCUT2D eigenvalue weighted by molar-refractivity contribution is 5.83. The number of nitrogens with one attached hydrogen (secondary N) is 1. The first-order valence-corrected chi connectivity index (χ1v) is 6.71. The van der Waals surface area contributed by atoms with E-state index in [1.807, 2.05) is 4.90 Å². The fourth-order valence-electron chi connectivity index (χ4n) is 2.78. The van der Waals surface area contributed by atoms with Crippen LogP contribution in [0.25, 0.3) is 0 Å². The molecule has 0 spiro atoms. The summed E-state index contributed by atoms with van der Waals surface area (Å²) in [5.41, 5.74) is 0.0719. The monoisotopic (exact) mass is 240 g/mol. The van der Waals surface area contributed by atoms with E-state index in [1.54, 1.807) is 0 Å². The van der Waals surface area contributed by atoms with Crippen molar-refractivity contribution in [2.75, 3.05) is 32.8 Å². The van der Waals surface area contributed by atoms with Crippen molar-refractivity contribution in [1.29, 1.82) is 0 Å². The summed E-state index contributed by atoms with van der Waals surface area (Å²) >= 11 is 0. The number of hydrogen-bond acceptors (Lipinski definition) is 3. The van der Waals surface area contributed by atoms with Gasteiger partial charge in [0.25, 0.3) is 0 Å². The van der Waals surface area contributed by atoms with Gasteiger partial charge in [0.2, 0.25) is 5.91 Å². The molecule has 0 radical (unpaired) electrons. The van der Waals surface area contributed by atoms with Gasteiger partial charge in [0.05, 0.1) is 12.6 Å². The minimum Gasteiger partial charge on any atom is -0.380 e. The van der Waals surface area contributed by atoms with Gasteiger partial charge in [0.1, 0.15) is 0 Å². The number of piperidine rings is 1. The molecule has 2 saturated heterocycles. The quantitative estimate of drug-likeness (QED) is 0.744. The Morgan fingerprint density at radius 2 is 2.12 bits per heavy atom. The largest absolute Gasteiger partial charge is 0.380 e. The Bertz CT molecular complexity index is 271. The fraction of sp³-hybridized carbons (Fsp3) is 0.923.